The van der Waals surface area contributed by atoms with Crippen molar-refractivity contribution >= 4 is 28.8 Å². The van der Waals surface area contributed by atoms with Crippen molar-refractivity contribution in [3.63, 3.8) is 0 Å². The Labute approximate surface area is 111 Å². The molecule has 19 heavy (non-hydrogen) atoms. The second-order valence-electron chi connectivity index (χ2n) is 3.50. The number of nitrogens with one attached hydrogen (secondary N) is 1. The van der Waals surface area contributed by atoms with Crippen molar-refractivity contribution in [2.24, 2.45) is 10.9 Å². The van der Waals surface area contributed by atoms with Crippen LogP contribution >= 0.6 is 11.3 Å². The minimum absolute atomic E-state index is 0.00731. The van der Waals surface area contributed by atoms with E-state index in [1.165, 1.54) is 23.8 Å². The summed E-state index contributed by atoms with van der Waals surface area (Å²) in [5, 5.41) is 13.7. The molecule has 0 fully saturated rings. The minimum Gasteiger partial charge on any atom is -0.409 e. The summed E-state index contributed by atoms with van der Waals surface area (Å²) < 4.78 is 13.7. The van der Waals surface area contributed by atoms with Gasteiger partial charge in [-0.05, 0) is 18.2 Å². The van der Waals surface area contributed by atoms with Crippen LogP contribution in [0.15, 0.2) is 35.1 Å². The molecule has 0 aliphatic rings. The average molecular weight is 280 g/mol. The Balaban J connectivity index is 2.20. The van der Waals surface area contributed by atoms with E-state index < -0.39 is 11.7 Å². The van der Waals surface area contributed by atoms with Gasteiger partial charge in [0, 0.05) is 5.56 Å². The van der Waals surface area contributed by atoms with Crippen LogP contribution in [0.1, 0.15) is 15.2 Å². The highest BCUT2D eigenvalue weighted by Gasteiger charge is 2.12. The van der Waals surface area contributed by atoms with Gasteiger partial charge in [0.1, 0.15) is 10.7 Å². The van der Waals surface area contributed by atoms with Crippen LogP contribution in [0.25, 0.3) is 0 Å². The quantitative estimate of drug-likeness (QED) is 0.344. The van der Waals surface area contributed by atoms with E-state index in [9.17, 15) is 9.18 Å². The minimum atomic E-state index is -0.679. The number of carbonyl (C=O) groups is 1. The zero-order chi connectivity index (χ0) is 13.8. The molecule has 4 N–H and O–H groups in total. The predicted octanol–water partition coefficient (Wildman–Crippen LogP) is 1.63. The van der Waals surface area contributed by atoms with Crippen LogP contribution in [0.5, 0.6) is 0 Å². The maximum absolute atomic E-state index is 13.7. The highest BCUT2D eigenvalue weighted by atomic mass is 32.1. The van der Waals surface area contributed by atoms with Gasteiger partial charge in [-0.3, -0.25) is 9.78 Å². The summed E-state index contributed by atoms with van der Waals surface area (Å²) in [5.74, 6) is -1.33. The molecule has 2 aromatic rings. The van der Waals surface area contributed by atoms with Gasteiger partial charge in [-0.15, -0.1) is 11.3 Å². The Morgan fingerprint density at radius 3 is 2.89 bits per heavy atom. The van der Waals surface area contributed by atoms with Crippen LogP contribution in [0.2, 0.25) is 0 Å². The summed E-state index contributed by atoms with van der Waals surface area (Å²) in [6.45, 7) is 0. The summed E-state index contributed by atoms with van der Waals surface area (Å²) in [7, 11) is 0. The summed E-state index contributed by atoms with van der Waals surface area (Å²) >= 11 is 1.15. The molecule has 0 aliphatic heterocycles. The molecule has 0 atom stereocenters. The molecular weight excluding hydrogens is 271 g/mol. The number of hydrogen-bond donors (Lipinski definition) is 3. The molecule has 98 valence electrons. The van der Waals surface area contributed by atoms with E-state index in [1.807, 2.05) is 0 Å². The van der Waals surface area contributed by atoms with Crippen LogP contribution < -0.4 is 11.1 Å². The highest BCUT2D eigenvalue weighted by Crippen LogP contribution is 2.17. The molecule has 1 heterocycles. The third-order valence-electron chi connectivity index (χ3n) is 2.28. The van der Waals surface area contributed by atoms with Gasteiger partial charge in [-0.1, -0.05) is 5.16 Å². The number of amidine groups is 1. The average Bonchev–Trinajstić information content (AvgIpc) is 2.94. The molecule has 0 unspecified atom stereocenters. The molecule has 0 saturated heterocycles. The molecule has 2 rings (SSSR count). The van der Waals surface area contributed by atoms with Crippen molar-refractivity contribution in [3.05, 3.63) is 46.2 Å². The molecule has 0 spiro atoms. The van der Waals surface area contributed by atoms with Gasteiger partial charge in [0.25, 0.3) is 5.91 Å². The highest BCUT2D eigenvalue weighted by molar-refractivity contribution is 7.11. The largest absolute Gasteiger partial charge is 0.409 e. The van der Waals surface area contributed by atoms with Crippen LogP contribution in [0, 0.1) is 5.82 Å². The van der Waals surface area contributed by atoms with Crippen molar-refractivity contribution in [2.45, 2.75) is 0 Å². The van der Waals surface area contributed by atoms with Gasteiger partial charge < -0.3 is 16.3 Å². The molecule has 1 aromatic heterocycles. The first-order valence-corrected chi connectivity index (χ1v) is 5.97. The zero-order valence-electron chi connectivity index (χ0n) is 9.50. The molecular formula is C11H9FN4O2S. The van der Waals surface area contributed by atoms with Gasteiger partial charge in [0.2, 0.25) is 0 Å². The number of oxime groups is 1. The van der Waals surface area contributed by atoms with Gasteiger partial charge in [0.05, 0.1) is 17.4 Å². The topological polar surface area (TPSA) is 101 Å². The molecule has 0 radical (unpaired) electrons. The number of hydrogen-bond acceptors (Lipinski definition) is 5. The van der Waals surface area contributed by atoms with E-state index in [-0.39, 0.29) is 17.1 Å². The number of carbonyl (C=O) groups excluding carboxylic acids is 1. The maximum atomic E-state index is 13.7. The van der Waals surface area contributed by atoms with Crippen LogP contribution in [-0.2, 0) is 0 Å². The van der Waals surface area contributed by atoms with Crippen LogP contribution in [-0.4, -0.2) is 21.9 Å². The SMILES string of the molecule is N/C(=N/O)c1ccc(NC(=O)c2cncs2)c(F)c1. The van der Waals surface area contributed by atoms with Crippen molar-refractivity contribution in [1.82, 2.24) is 4.98 Å². The maximum Gasteiger partial charge on any atom is 0.267 e. The van der Waals surface area contributed by atoms with Crippen molar-refractivity contribution in [2.75, 3.05) is 5.32 Å². The van der Waals surface area contributed by atoms with Crippen molar-refractivity contribution in [1.29, 1.82) is 0 Å². The first kappa shape index (κ1) is 13.0. The number of benzene rings is 1. The van der Waals surface area contributed by atoms with E-state index in [1.54, 1.807) is 0 Å². The van der Waals surface area contributed by atoms with Gasteiger partial charge >= 0.3 is 0 Å². The predicted molar refractivity (Wildman–Crippen MR) is 69.0 cm³/mol. The molecule has 0 aliphatic carbocycles. The number of amides is 1. The molecule has 1 aromatic carbocycles. The van der Waals surface area contributed by atoms with E-state index in [0.29, 0.717) is 4.88 Å². The van der Waals surface area contributed by atoms with Crippen molar-refractivity contribution in [3.8, 4) is 0 Å². The number of nitrogens with two attached hydrogens (primary N) is 1. The Bertz CT molecular complexity index is 628. The second-order valence-corrected chi connectivity index (χ2v) is 4.39. The summed E-state index contributed by atoms with van der Waals surface area (Å²) in [6, 6.07) is 3.83. The zero-order valence-corrected chi connectivity index (χ0v) is 10.3. The van der Waals surface area contributed by atoms with Crippen molar-refractivity contribution < 1.29 is 14.4 Å². The van der Waals surface area contributed by atoms with Gasteiger partial charge in [-0.25, -0.2) is 4.39 Å². The fourth-order valence-electron chi connectivity index (χ4n) is 1.35. The second kappa shape index (κ2) is 5.44. The lowest BCUT2D eigenvalue weighted by atomic mass is 10.2. The Kier molecular flexibility index (Phi) is 3.71. The number of thiazole rings is 1. The third kappa shape index (κ3) is 2.86. The first-order valence-electron chi connectivity index (χ1n) is 5.09. The summed E-state index contributed by atoms with van der Waals surface area (Å²) in [6.07, 6.45) is 1.39. The normalized spacial score (nSPS) is 11.3. The Morgan fingerprint density at radius 1 is 1.53 bits per heavy atom. The molecule has 0 saturated carbocycles. The monoisotopic (exact) mass is 280 g/mol. The van der Waals surface area contributed by atoms with E-state index in [0.717, 1.165) is 17.4 Å². The smallest absolute Gasteiger partial charge is 0.267 e. The molecule has 0 bridgehead atoms. The van der Waals surface area contributed by atoms with Gasteiger partial charge in [-0.2, -0.15) is 0 Å². The Hall–Kier alpha value is -2.48. The number of anilines is 1. The van der Waals surface area contributed by atoms with Gasteiger partial charge in [0.15, 0.2) is 5.84 Å². The van der Waals surface area contributed by atoms with E-state index >= 15 is 0 Å². The number of halogens is 1. The van der Waals surface area contributed by atoms with Crippen LogP contribution in [0.3, 0.4) is 0 Å². The van der Waals surface area contributed by atoms with E-state index in [4.69, 9.17) is 10.9 Å². The number of rotatable bonds is 3. The lowest BCUT2D eigenvalue weighted by molar-refractivity contribution is 0.103. The molecule has 8 heteroatoms. The standard InChI is InChI=1S/C11H9FN4O2S/c12-7-3-6(10(13)16-18)1-2-8(7)15-11(17)9-4-14-5-19-9/h1-5,18H,(H2,13,16)(H,15,17). The Morgan fingerprint density at radius 2 is 2.32 bits per heavy atom. The first-order chi connectivity index (χ1) is 9.11. The third-order valence-corrected chi connectivity index (χ3v) is 3.05. The van der Waals surface area contributed by atoms with Crippen LogP contribution in [0.4, 0.5) is 10.1 Å². The number of aromatic nitrogens is 1. The fraction of sp³-hybridized carbons (Fsp3) is 0. The lowest BCUT2D eigenvalue weighted by Crippen LogP contribution is -2.15. The fourth-order valence-corrected chi connectivity index (χ4v) is 1.86. The summed E-state index contributed by atoms with van der Waals surface area (Å²) in [4.78, 5) is 15.8. The summed E-state index contributed by atoms with van der Waals surface area (Å²) in [5.41, 5.74) is 7.06. The number of nitrogens with zero attached hydrogens (tertiary/aromatic N) is 2. The van der Waals surface area contributed by atoms with E-state index in [2.05, 4.69) is 15.5 Å². The molecule has 1 amide bonds. The lowest BCUT2D eigenvalue weighted by Gasteiger charge is -2.06. The molecule has 6 nitrogen and oxygen atoms in total.